The Morgan fingerprint density at radius 3 is 2.58 bits per heavy atom. The van der Waals surface area contributed by atoms with E-state index in [9.17, 15) is 9.59 Å². The van der Waals surface area contributed by atoms with Crippen molar-refractivity contribution in [2.75, 3.05) is 13.1 Å². The second-order valence-electron chi connectivity index (χ2n) is 2.17. The maximum Gasteiger partial charge on any atom is 0.239 e. The summed E-state index contributed by atoms with van der Waals surface area (Å²) in [5.41, 5.74) is 0. The van der Waals surface area contributed by atoms with Gasteiger partial charge < -0.3 is 10.6 Å². The number of nitrogens with zero attached hydrogens (tertiary/aromatic N) is 1. The van der Waals surface area contributed by atoms with Crippen LogP contribution in [0.1, 0.15) is 13.3 Å². The zero-order valence-corrected chi connectivity index (χ0v) is 6.89. The van der Waals surface area contributed by atoms with E-state index in [1.165, 1.54) is 6.92 Å². The topological polar surface area (TPSA) is 82.0 Å². The van der Waals surface area contributed by atoms with E-state index in [4.69, 9.17) is 5.26 Å². The van der Waals surface area contributed by atoms with E-state index in [1.54, 1.807) is 0 Å². The number of carbonyl (C=O) groups excluding carboxylic acids is 2. The van der Waals surface area contributed by atoms with E-state index in [-0.39, 0.29) is 24.8 Å². The number of hydrogen-bond donors (Lipinski definition) is 2. The second-order valence-corrected chi connectivity index (χ2v) is 2.17. The standard InChI is InChI=1S/C7H11N3O2/c1-6(11)10-5-7(12)9-4-2-3-8/h2,4-5H2,1H3,(H,9,12)(H,10,11). The van der Waals surface area contributed by atoms with Gasteiger partial charge in [-0.1, -0.05) is 0 Å². The highest BCUT2D eigenvalue weighted by molar-refractivity contribution is 5.83. The van der Waals surface area contributed by atoms with Gasteiger partial charge in [0, 0.05) is 13.5 Å². The normalized spacial score (nSPS) is 8.33. The summed E-state index contributed by atoms with van der Waals surface area (Å²) in [7, 11) is 0. The van der Waals surface area contributed by atoms with Crippen molar-refractivity contribution in [3.8, 4) is 6.07 Å². The van der Waals surface area contributed by atoms with Crippen molar-refractivity contribution in [3.05, 3.63) is 0 Å². The molecule has 0 aromatic carbocycles. The Balaban J connectivity index is 3.35. The fourth-order valence-corrected chi connectivity index (χ4v) is 0.525. The molecular weight excluding hydrogens is 158 g/mol. The van der Waals surface area contributed by atoms with Crippen LogP contribution in [0, 0.1) is 11.3 Å². The Kier molecular flexibility index (Phi) is 5.35. The van der Waals surface area contributed by atoms with Crippen LogP contribution in [0.15, 0.2) is 0 Å². The van der Waals surface area contributed by atoms with Crippen molar-refractivity contribution in [3.63, 3.8) is 0 Å². The molecular formula is C7H11N3O2. The Morgan fingerprint density at radius 2 is 2.08 bits per heavy atom. The van der Waals surface area contributed by atoms with E-state index in [0.717, 1.165) is 0 Å². The van der Waals surface area contributed by atoms with Gasteiger partial charge >= 0.3 is 0 Å². The number of nitriles is 1. The van der Waals surface area contributed by atoms with Crippen molar-refractivity contribution < 1.29 is 9.59 Å². The van der Waals surface area contributed by atoms with Crippen LogP contribution < -0.4 is 10.6 Å². The first-order valence-electron chi connectivity index (χ1n) is 3.55. The summed E-state index contributed by atoms with van der Waals surface area (Å²) in [6, 6.07) is 1.89. The lowest BCUT2D eigenvalue weighted by Crippen LogP contribution is -2.36. The minimum absolute atomic E-state index is 0.0270. The summed E-state index contributed by atoms with van der Waals surface area (Å²) in [6.45, 7) is 1.64. The molecule has 0 aromatic rings. The average Bonchev–Trinajstić information content (AvgIpc) is 2.01. The van der Waals surface area contributed by atoms with Crippen molar-refractivity contribution >= 4 is 11.8 Å². The molecule has 2 amide bonds. The van der Waals surface area contributed by atoms with Crippen molar-refractivity contribution in [2.24, 2.45) is 0 Å². The lowest BCUT2D eigenvalue weighted by Gasteiger charge is -2.02. The third-order valence-corrected chi connectivity index (χ3v) is 1.06. The number of rotatable bonds is 4. The third kappa shape index (κ3) is 6.55. The summed E-state index contributed by atoms with van der Waals surface area (Å²) in [5.74, 6) is -0.522. The van der Waals surface area contributed by atoms with Crippen molar-refractivity contribution in [1.29, 1.82) is 5.26 Å². The minimum Gasteiger partial charge on any atom is -0.354 e. The largest absolute Gasteiger partial charge is 0.354 e. The van der Waals surface area contributed by atoms with Crippen LogP contribution in [0.3, 0.4) is 0 Å². The molecule has 12 heavy (non-hydrogen) atoms. The monoisotopic (exact) mass is 169 g/mol. The van der Waals surface area contributed by atoms with E-state index in [2.05, 4.69) is 10.6 Å². The molecule has 0 bridgehead atoms. The van der Waals surface area contributed by atoms with Crippen LogP contribution in [0.25, 0.3) is 0 Å². The van der Waals surface area contributed by atoms with Crippen LogP contribution in [0.2, 0.25) is 0 Å². The molecule has 0 aliphatic heterocycles. The highest BCUT2D eigenvalue weighted by Crippen LogP contribution is 1.71. The van der Waals surface area contributed by atoms with Gasteiger partial charge in [0.2, 0.25) is 11.8 Å². The molecule has 0 unspecified atom stereocenters. The fraction of sp³-hybridized carbons (Fsp3) is 0.571. The quantitative estimate of drug-likeness (QED) is 0.538. The number of carbonyl (C=O) groups is 2. The summed E-state index contributed by atoms with van der Waals surface area (Å²) >= 11 is 0. The molecule has 5 nitrogen and oxygen atoms in total. The summed E-state index contributed by atoms with van der Waals surface area (Å²) in [4.78, 5) is 21.1. The number of hydrogen-bond acceptors (Lipinski definition) is 3. The summed E-state index contributed by atoms with van der Waals surface area (Å²) in [5, 5.41) is 12.9. The molecule has 0 saturated carbocycles. The fourth-order valence-electron chi connectivity index (χ4n) is 0.525. The van der Waals surface area contributed by atoms with Gasteiger partial charge in [-0.2, -0.15) is 5.26 Å². The molecule has 0 aromatic heterocycles. The Labute approximate surface area is 70.7 Å². The van der Waals surface area contributed by atoms with Crippen LogP contribution in [-0.2, 0) is 9.59 Å². The SMILES string of the molecule is CC(=O)NCC(=O)NCCC#N. The lowest BCUT2D eigenvalue weighted by molar-refractivity contribution is -0.125. The molecule has 0 fully saturated rings. The minimum atomic E-state index is -0.277. The molecule has 2 N–H and O–H groups in total. The maximum absolute atomic E-state index is 10.8. The Morgan fingerprint density at radius 1 is 1.42 bits per heavy atom. The van der Waals surface area contributed by atoms with E-state index >= 15 is 0 Å². The second kappa shape index (κ2) is 6.16. The first-order chi connectivity index (χ1) is 5.66. The molecule has 0 heterocycles. The molecule has 0 spiro atoms. The highest BCUT2D eigenvalue weighted by Gasteiger charge is 1.99. The van der Waals surface area contributed by atoms with Crippen molar-refractivity contribution in [1.82, 2.24) is 10.6 Å². The van der Waals surface area contributed by atoms with Crippen LogP contribution >= 0.6 is 0 Å². The van der Waals surface area contributed by atoms with Gasteiger partial charge in [0.1, 0.15) is 0 Å². The zero-order valence-electron chi connectivity index (χ0n) is 6.89. The first kappa shape index (κ1) is 10.4. The number of nitrogens with one attached hydrogen (secondary N) is 2. The van der Waals surface area contributed by atoms with Gasteiger partial charge in [-0.05, 0) is 0 Å². The van der Waals surface area contributed by atoms with E-state index in [0.29, 0.717) is 6.54 Å². The molecule has 5 heteroatoms. The van der Waals surface area contributed by atoms with Crippen LogP contribution in [-0.4, -0.2) is 24.9 Å². The molecule has 0 aliphatic rings. The lowest BCUT2D eigenvalue weighted by atomic mass is 10.4. The zero-order chi connectivity index (χ0) is 9.40. The third-order valence-electron chi connectivity index (χ3n) is 1.06. The molecule has 0 aliphatic carbocycles. The predicted molar refractivity (Wildman–Crippen MR) is 41.9 cm³/mol. The Hall–Kier alpha value is -1.57. The highest BCUT2D eigenvalue weighted by atomic mass is 16.2. The van der Waals surface area contributed by atoms with Gasteiger partial charge in [0.05, 0.1) is 19.0 Å². The predicted octanol–water partition coefficient (Wildman–Crippen LogP) is -0.848. The average molecular weight is 169 g/mol. The van der Waals surface area contributed by atoms with Crippen molar-refractivity contribution in [2.45, 2.75) is 13.3 Å². The van der Waals surface area contributed by atoms with Crippen LogP contribution in [0.4, 0.5) is 0 Å². The van der Waals surface area contributed by atoms with E-state index < -0.39 is 0 Å². The van der Waals surface area contributed by atoms with E-state index in [1.807, 2.05) is 6.07 Å². The van der Waals surface area contributed by atoms with Gasteiger partial charge in [-0.3, -0.25) is 9.59 Å². The molecule has 0 radical (unpaired) electrons. The van der Waals surface area contributed by atoms with Gasteiger partial charge in [0.25, 0.3) is 0 Å². The number of amides is 2. The molecule has 66 valence electrons. The first-order valence-corrected chi connectivity index (χ1v) is 3.55. The summed E-state index contributed by atoms with van der Waals surface area (Å²) in [6.07, 6.45) is 0.284. The molecule has 0 saturated heterocycles. The molecule has 0 atom stereocenters. The van der Waals surface area contributed by atoms with Crippen LogP contribution in [0.5, 0.6) is 0 Å². The summed E-state index contributed by atoms with van der Waals surface area (Å²) < 4.78 is 0. The molecule has 0 rings (SSSR count). The van der Waals surface area contributed by atoms with Gasteiger partial charge in [-0.15, -0.1) is 0 Å². The maximum atomic E-state index is 10.8. The van der Waals surface area contributed by atoms with Gasteiger partial charge in [-0.25, -0.2) is 0 Å². The van der Waals surface area contributed by atoms with Gasteiger partial charge in [0.15, 0.2) is 0 Å². The Bertz CT molecular complexity index is 207. The smallest absolute Gasteiger partial charge is 0.239 e.